The van der Waals surface area contributed by atoms with Crippen LogP contribution < -0.4 is 10.6 Å². The molecule has 0 amide bonds. The fourth-order valence-electron chi connectivity index (χ4n) is 1.96. The lowest BCUT2D eigenvalue weighted by Gasteiger charge is -2.36. The Morgan fingerprint density at radius 3 is 1.67 bits per heavy atom. The normalized spacial score (nSPS) is 23.7. The van der Waals surface area contributed by atoms with Gasteiger partial charge in [0, 0.05) is 37.6 Å². The molecule has 2 atom stereocenters. The van der Waals surface area contributed by atoms with E-state index in [1.165, 1.54) is 0 Å². The van der Waals surface area contributed by atoms with E-state index in [2.05, 4.69) is 43.3 Å². The Labute approximate surface area is 111 Å². The van der Waals surface area contributed by atoms with Gasteiger partial charge in [0.15, 0.2) is 0 Å². The number of rotatable bonds is 2. The molecule has 2 unspecified atom stereocenters. The molecule has 0 spiro atoms. The molecular weight excluding hydrogens is 222 g/mol. The average molecular weight is 249 g/mol. The van der Waals surface area contributed by atoms with Crippen LogP contribution in [0, 0.1) is 11.8 Å². The Bertz CT molecular complexity index is 257. The second-order valence-electron chi connectivity index (χ2n) is 5.55. The molecule has 1 aromatic rings. The topological polar surface area (TPSA) is 37.0 Å². The smallest absolute Gasteiger partial charge is 0.0267 e. The van der Waals surface area contributed by atoms with Crippen molar-refractivity contribution in [2.75, 3.05) is 13.1 Å². The lowest BCUT2D eigenvalue weighted by molar-refractivity contribution is 0.247. The van der Waals surface area contributed by atoms with Crippen molar-refractivity contribution >= 4 is 0 Å². The van der Waals surface area contributed by atoms with Gasteiger partial charge in [0.1, 0.15) is 0 Å². The number of nitrogens with one attached hydrogen (secondary N) is 2. The number of hydrogen-bond donors (Lipinski definition) is 2. The van der Waals surface area contributed by atoms with Crippen LogP contribution in [0.3, 0.4) is 0 Å². The summed E-state index contributed by atoms with van der Waals surface area (Å²) in [7, 11) is 0. The second kappa shape index (κ2) is 8.22. The van der Waals surface area contributed by atoms with Gasteiger partial charge in [-0.05, 0) is 24.0 Å². The predicted octanol–water partition coefficient (Wildman–Crippen LogP) is 2.31. The standard InChI is InChI=1S/C10H22N2.C5H5N/c1-7(2)9-5-11-6-10(12-9)8(3)4;1-2-4-6-5-3-1/h7-12H,5-6H2,1-4H3;1-5H. The van der Waals surface area contributed by atoms with Gasteiger partial charge in [0.25, 0.3) is 0 Å². The highest BCUT2D eigenvalue weighted by Crippen LogP contribution is 2.10. The lowest BCUT2D eigenvalue weighted by atomic mass is 9.96. The molecule has 1 aromatic heterocycles. The van der Waals surface area contributed by atoms with Crippen LogP contribution in [0.25, 0.3) is 0 Å². The summed E-state index contributed by atoms with van der Waals surface area (Å²) in [6.45, 7) is 11.4. The van der Waals surface area contributed by atoms with Crippen molar-refractivity contribution in [1.82, 2.24) is 15.6 Å². The first-order valence-electron chi connectivity index (χ1n) is 6.93. The van der Waals surface area contributed by atoms with E-state index in [0.29, 0.717) is 12.1 Å². The van der Waals surface area contributed by atoms with Crippen LogP contribution in [0.4, 0.5) is 0 Å². The zero-order valence-electron chi connectivity index (χ0n) is 12.1. The molecule has 2 N–H and O–H groups in total. The second-order valence-corrected chi connectivity index (χ2v) is 5.55. The number of piperazine rings is 1. The Morgan fingerprint density at radius 2 is 1.39 bits per heavy atom. The minimum absolute atomic E-state index is 0.658. The van der Waals surface area contributed by atoms with Gasteiger partial charge in [-0.2, -0.15) is 0 Å². The lowest BCUT2D eigenvalue weighted by Crippen LogP contribution is -2.58. The van der Waals surface area contributed by atoms with E-state index in [1.54, 1.807) is 12.4 Å². The molecule has 1 fully saturated rings. The van der Waals surface area contributed by atoms with E-state index in [0.717, 1.165) is 24.9 Å². The first kappa shape index (κ1) is 15.1. The van der Waals surface area contributed by atoms with Crippen molar-refractivity contribution in [3.8, 4) is 0 Å². The van der Waals surface area contributed by atoms with Crippen molar-refractivity contribution in [2.45, 2.75) is 39.8 Å². The summed E-state index contributed by atoms with van der Waals surface area (Å²) in [6, 6.07) is 7.03. The molecule has 1 aliphatic rings. The molecule has 0 saturated carbocycles. The van der Waals surface area contributed by atoms with Crippen LogP contribution >= 0.6 is 0 Å². The molecule has 102 valence electrons. The maximum atomic E-state index is 3.78. The van der Waals surface area contributed by atoms with Crippen molar-refractivity contribution in [3.05, 3.63) is 30.6 Å². The van der Waals surface area contributed by atoms with Gasteiger partial charge in [-0.3, -0.25) is 4.98 Å². The van der Waals surface area contributed by atoms with Gasteiger partial charge in [0.05, 0.1) is 0 Å². The fraction of sp³-hybridized carbons (Fsp3) is 0.667. The number of hydrogen-bond acceptors (Lipinski definition) is 3. The zero-order valence-corrected chi connectivity index (χ0v) is 12.1. The minimum atomic E-state index is 0.658. The Morgan fingerprint density at radius 1 is 0.889 bits per heavy atom. The number of pyridine rings is 1. The van der Waals surface area contributed by atoms with E-state index in [1.807, 2.05) is 18.2 Å². The van der Waals surface area contributed by atoms with Gasteiger partial charge in [-0.25, -0.2) is 0 Å². The molecule has 0 bridgehead atoms. The van der Waals surface area contributed by atoms with Crippen molar-refractivity contribution in [2.24, 2.45) is 11.8 Å². The van der Waals surface area contributed by atoms with Crippen molar-refractivity contribution in [1.29, 1.82) is 0 Å². The number of nitrogens with zero attached hydrogens (tertiary/aromatic N) is 1. The Hall–Kier alpha value is -0.930. The third kappa shape index (κ3) is 5.61. The van der Waals surface area contributed by atoms with Gasteiger partial charge in [0.2, 0.25) is 0 Å². The molecule has 1 aliphatic heterocycles. The molecule has 0 aromatic carbocycles. The Kier molecular flexibility index (Phi) is 6.91. The van der Waals surface area contributed by atoms with Gasteiger partial charge < -0.3 is 10.6 Å². The van der Waals surface area contributed by atoms with E-state index in [9.17, 15) is 0 Å². The Balaban J connectivity index is 0.000000225. The van der Waals surface area contributed by atoms with Crippen LogP contribution in [0.1, 0.15) is 27.7 Å². The summed E-state index contributed by atoms with van der Waals surface area (Å²) in [4.78, 5) is 3.78. The van der Waals surface area contributed by atoms with Crippen LogP contribution in [-0.4, -0.2) is 30.2 Å². The van der Waals surface area contributed by atoms with E-state index in [-0.39, 0.29) is 0 Å². The number of aromatic nitrogens is 1. The molecule has 3 nitrogen and oxygen atoms in total. The molecule has 0 radical (unpaired) electrons. The summed E-state index contributed by atoms with van der Waals surface area (Å²) in [6.07, 6.45) is 3.50. The van der Waals surface area contributed by atoms with Crippen LogP contribution in [0.15, 0.2) is 30.6 Å². The molecule has 18 heavy (non-hydrogen) atoms. The third-order valence-corrected chi connectivity index (χ3v) is 3.33. The maximum Gasteiger partial charge on any atom is 0.0267 e. The van der Waals surface area contributed by atoms with E-state index in [4.69, 9.17) is 0 Å². The molecular formula is C15H27N3. The summed E-state index contributed by atoms with van der Waals surface area (Å²) in [5, 5.41) is 7.17. The average Bonchev–Trinajstić information content (AvgIpc) is 2.41. The first-order valence-corrected chi connectivity index (χ1v) is 6.93. The summed E-state index contributed by atoms with van der Waals surface area (Å²) in [5.41, 5.74) is 0. The summed E-state index contributed by atoms with van der Waals surface area (Å²) in [5.74, 6) is 1.47. The zero-order chi connectivity index (χ0) is 13.4. The van der Waals surface area contributed by atoms with Crippen LogP contribution in [-0.2, 0) is 0 Å². The quantitative estimate of drug-likeness (QED) is 0.844. The highest BCUT2D eigenvalue weighted by molar-refractivity contribution is 4.88. The first-order chi connectivity index (χ1) is 8.61. The third-order valence-electron chi connectivity index (χ3n) is 3.33. The molecule has 1 saturated heterocycles. The fourth-order valence-corrected chi connectivity index (χ4v) is 1.96. The highest BCUT2D eigenvalue weighted by Gasteiger charge is 2.24. The summed E-state index contributed by atoms with van der Waals surface area (Å²) >= 11 is 0. The minimum Gasteiger partial charge on any atom is -0.314 e. The SMILES string of the molecule is CC(C)C1CNCC(C(C)C)N1.c1ccncc1. The van der Waals surface area contributed by atoms with E-state index < -0.39 is 0 Å². The van der Waals surface area contributed by atoms with Crippen LogP contribution in [0.2, 0.25) is 0 Å². The summed E-state index contributed by atoms with van der Waals surface area (Å²) < 4.78 is 0. The molecule has 3 heteroatoms. The maximum absolute atomic E-state index is 3.78. The highest BCUT2D eigenvalue weighted by atomic mass is 15.1. The molecule has 2 rings (SSSR count). The van der Waals surface area contributed by atoms with Crippen LogP contribution in [0.5, 0.6) is 0 Å². The van der Waals surface area contributed by atoms with E-state index >= 15 is 0 Å². The van der Waals surface area contributed by atoms with Gasteiger partial charge in [-0.15, -0.1) is 0 Å². The molecule has 0 aliphatic carbocycles. The molecule has 2 heterocycles. The predicted molar refractivity (Wildman–Crippen MR) is 77.5 cm³/mol. The monoisotopic (exact) mass is 249 g/mol. The largest absolute Gasteiger partial charge is 0.314 e. The van der Waals surface area contributed by atoms with Gasteiger partial charge >= 0.3 is 0 Å². The van der Waals surface area contributed by atoms with Crippen molar-refractivity contribution in [3.63, 3.8) is 0 Å². The van der Waals surface area contributed by atoms with Gasteiger partial charge in [-0.1, -0.05) is 33.8 Å². The van der Waals surface area contributed by atoms with Crippen molar-refractivity contribution < 1.29 is 0 Å².